The number of aliphatic carboxylic acids is 1. The van der Waals surface area contributed by atoms with Crippen molar-refractivity contribution in [1.29, 1.82) is 5.26 Å². The molecule has 0 radical (unpaired) electrons. The Labute approximate surface area is 207 Å². The van der Waals surface area contributed by atoms with E-state index in [1.807, 2.05) is 19.9 Å². The molecule has 0 saturated heterocycles. The van der Waals surface area contributed by atoms with Crippen LogP contribution in [0.4, 0.5) is 23.7 Å². The Bertz CT molecular complexity index is 1200. The molecular weight excluding hydrogens is 473 g/mol. The minimum absolute atomic E-state index is 0.0280. The van der Waals surface area contributed by atoms with Crippen LogP contribution in [0.5, 0.6) is 0 Å². The third-order valence-corrected chi connectivity index (χ3v) is 6.32. The largest absolute Gasteiger partial charge is 0.478 e. The summed E-state index contributed by atoms with van der Waals surface area (Å²) in [6, 6.07) is 10.9. The zero-order valence-corrected chi connectivity index (χ0v) is 20.2. The summed E-state index contributed by atoms with van der Waals surface area (Å²) in [5, 5.41) is 19.3. The number of rotatable bonds is 8. The first-order chi connectivity index (χ1) is 17.0. The number of benzene rings is 2. The lowest BCUT2D eigenvalue weighted by atomic mass is 9.92. The van der Waals surface area contributed by atoms with Gasteiger partial charge in [-0.1, -0.05) is 32.0 Å². The Balaban J connectivity index is 2.20. The number of nitriles is 1. The molecule has 0 spiro atoms. The maximum atomic E-state index is 13.8. The summed E-state index contributed by atoms with van der Waals surface area (Å²) in [5.41, 5.74) is -0.254. The van der Waals surface area contributed by atoms with Gasteiger partial charge in [-0.05, 0) is 55.9 Å². The molecule has 10 heteroatoms. The summed E-state index contributed by atoms with van der Waals surface area (Å²) in [6.45, 7) is 7.33. The highest BCUT2D eigenvalue weighted by molar-refractivity contribution is 6.02. The van der Waals surface area contributed by atoms with E-state index < -0.39 is 29.8 Å². The number of likely N-dealkylation sites (N-methyl/N-ethyl adjacent to an activating group) is 1. The van der Waals surface area contributed by atoms with Gasteiger partial charge < -0.3 is 14.9 Å². The second-order valence-corrected chi connectivity index (χ2v) is 8.33. The lowest BCUT2D eigenvalue weighted by molar-refractivity contribution is -0.137. The molecule has 3 rings (SSSR count). The van der Waals surface area contributed by atoms with Gasteiger partial charge in [0.15, 0.2) is 0 Å². The van der Waals surface area contributed by atoms with E-state index in [1.54, 1.807) is 12.1 Å². The summed E-state index contributed by atoms with van der Waals surface area (Å²) < 4.78 is 40.2. The number of anilines is 1. The first-order valence-corrected chi connectivity index (χ1v) is 11.5. The van der Waals surface area contributed by atoms with Gasteiger partial charge in [0.2, 0.25) is 0 Å². The number of hydrogen-bond acceptors (Lipinski definition) is 4. The normalized spacial score (nSPS) is 16.5. The molecule has 2 aromatic rings. The van der Waals surface area contributed by atoms with E-state index in [4.69, 9.17) is 5.26 Å². The smallest absolute Gasteiger partial charge is 0.416 e. The number of carbonyl (C=O) groups excluding carboxylic acids is 1. The molecular formula is C26H27F3N4O3. The number of hydrogen-bond donors (Lipinski definition) is 1. The van der Waals surface area contributed by atoms with Crippen molar-refractivity contribution in [3.05, 3.63) is 76.5 Å². The Kier molecular flexibility index (Phi) is 8.05. The highest BCUT2D eigenvalue weighted by Crippen LogP contribution is 2.40. The van der Waals surface area contributed by atoms with Gasteiger partial charge in [-0.3, -0.25) is 4.90 Å². The number of nitrogens with zero attached hydrogens (tertiary/aromatic N) is 4. The third-order valence-electron chi connectivity index (χ3n) is 6.32. The summed E-state index contributed by atoms with van der Waals surface area (Å²) >= 11 is 0. The summed E-state index contributed by atoms with van der Waals surface area (Å²) in [6.07, 6.45) is -4.63. The first-order valence-electron chi connectivity index (χ1n) is 11.5. The SMILES string of the molecule is CCN(CC)CCN1C(=O)N(c2cccc(C(F)(F)F)c2)C(C)=C(C(=O)O)C1c1ccc(C#N)cc1. The van der Waals surface area contributed by atoms with E-state index in [9.17, 15) is 27.9 Å². The molecule has 36 heavy (non-hydrogen) atoms. The van der Waals surface area contributed by atoms with Gasteiger partial charge in [0.05, 0.1) is 34.5 Å². The topological polar surface area (TPSA) is 87.9 Å². The molecule has 1 N–H and O–H groups in total. The molecule has 1 heterocycles. The molecule has 1 unspecified atom stereocenters. The van der Waals surface area contributed by atoms with Crippen molar-refractivity contribution in [3.8, 4) is 6.07 Å². The predicted molar refractivity (Wildman–Crippen MR) is 128 cm³/mol. The van der Waals surface area contributed by atoms with Crippen molar-refractivity contribution in [2.45, 2.75) is 33.0 Å². The quantitative estimate of drug-likeness (QED) is 0.534. The van der Waals surface area contributed by atoms with Gasteiger partial charge in [-0.15, -0.1) is 0 Å². The van der Waals surface area contributed by atoms with Crippen molar-refractivity contribution in [2.75, 3.05) is 31.1 Å². The zero-order valence-electron chi connectivity index (χ0n) is 20.2. The maximum Gasteiger partial charge on any atom is 0.416 e. The zero-order chi connectivity index (χ0) is 26.6. The Morgan fingerprint density at radius 2 is 1.78 bits per heavy atom. The van der Waals surface area contributed by atoms with Crippen LogP contribution < -0.4 is 4.90 Å². The van der Waals surface area contributed by atoms with Crippen LogP contribution in [0.1, 0.15) is 43.5 Å². The van der Waals surface area contributed by atoms with Crippen LogP contribution in [-0.4, -0.2) is 53.1 Å². The van der Waals surface area contributed by atoms with Gasteiger partial charge in [0, 0.05) is 18.8 Å². The van der Waals surface area contributed by atoms with Gasteiger partial charge >= 0.3 is 18.2 Å². The van der Waals surface area contributed by atoms with Gasteiger partial charge in [-0.2, -0.15) is 18.4 Å². The van der Waals surface area contributed by atoms with E-state index in [1.165, 1.54) is 36.1 Å². The standard InChI is InChI=1S/C26H27F3N4O3/c1-4-31(5-2)13-14-32-23(19-11-9-18(16-30)10-12-19)22(24(34)35)17(3)33(25(32)36)21-8-6-7-20(15-21)26(27,28)29/h6-12,15,23H,4-5,13-14H2,1-3H3,(H,34,35). The number of allylic oxidation sites excluding steroid dienone is 1. The molecule has 0 bridgehead atoms. The second kappa shape index (κ2) is 10.8. The number of carboxylic acid groups (broad SMARTS) is 1. The fourth-order valence-corrected chi connectivity index (χ4v) is 4.35. The van der Waals surface area contributed by atoms with Gasteiger partial charge in [0.1, 0.15) is 0 Å². The fraction of sp³-hybridized carbons (Fsp3) is 0.346. The molecule has 0 aromatic heterocycles. The van der Waals surface area contributed by atoms with Crippen LogP contribution in [0.3, 0.4) is 0 Å². The number of carboxylic acids is 1. The fourth-order valence-electron chi connectivity index (χ4n) is 4.35. The second-order valence-electron chi connectivity index (χ2n) is 8.33. The molecule has 1 aliphatic heterocycles. The number of alkyl halides is 3. The van der Waals surface area contributed by atoms with Crippen LogP contribution in [-0.2, 0) is 11.0 Å². The molecule has 0 saturated carbocycles. The number of halogens is 3. The van der Waals surface area contributed by atoms with Crippen LogP contribution in [0, 0.1) is 11.3 Å². The molecule has 0 aliphatic carbocycles. The lowest BCUT2D eigenvalue weighted by Gasteiger charge is -2.43. The highest BCUT2D eigenvalue weighted by Gasteiger charge is 2.43. The molecule has 1 atom stereocenters. The van der Waals surface area contributed by atoms with Gasteiger partial charge in [0.25, 0.3) is 0 Å². The minimum Gasteiger partial charge on any atom is -0.478 e. The van der Waals surface area contributed by atoms with Crippen LogP contribution in [0.15, 0.2) is 59.8 Å². The van der Waals surface area contributed by atoms with E-state index >= 15 is 0 Å². The summed E-state index contributed by atoms with van der Waals surface area (Å²) in [7, 11) is 0. The molecule has 2 amide bonds. The molecule has 1 aliphatic rings. The van der Waals surface area contributed by atoms with E-state index in [-0.39, 0.29) is 23.5 Å². The predicted octanol–water partition coefficient (Wildman–Crippen LogP) is 5.26. The lowest BCUT2D eigenvalue weighted by Crippen LogP contribution is -2.52. The maximum absolute atomic E-state index is 13.8. The molecule has 190 valence electrons. The summed E-state index contributed by atoms with van der Waals surface area (Å²) in [4.78, 5) is 30.8. The molecule has 0 fully saturated rings. The van der Waals surface area contributed by atoms with Crippen molar-refractivity contribution in [3.63, 3.8) is 0 Å². The number of urea groups is 1. The summed E-state index contributed by atoms with van der Waals surface area (Å²) in [5.74, 6) is -1.29. The van der Waals surface area contributed by atoms with Crippen molar-refractivity contribution in [1.82, 2.24) is 9.80 Å². The minimum atomic E-state index is -4.63. The Morgan fingerprint density at radius 1 is 1.14 bits per heavy atom. The van der Waals surface area contributed by atoms with Gasteiger partial charge in [-0.25, -0.2) is 9.59 Å². The van der Waals surface area contributed by atoms with E-state index in [2.05, 4.69) is 4.90 Å². The monoisotopic (exact) mass is 500 g/mol. The van der Waals surface area contributed by atoms with Crippen molar-refractivity contribution in [2.24, 2.45) is 0 Å². The van der Waals surface area contributed by atoms with Crippen LogP contribution in [0.2, 0.25) is 0 Å². The van der Waals surface area contributed by atoms with E-state index in [0.717, 1.165) is 17.0 Å². The molecule has 2 aromatic carbocycles. The number of amides is 2. The average molecular weight is 501 g/mol. The highest BCUT2D eigenvalue weighted by atomic mass is 19.4. The Morgan fingerprint density at radius 3 is 2.31 bits per heavy atom. The van der Waals surface area contributed by atoms with Crippen LogP contribution >= 0.6 is 0 Å². The van der Waals surface area contributed by atoms with Crippen molar-refractivity contribution >= 4 is 17.7 Å². The Hall–Kier alpha value is -3.84. The average Bonchev–Trinajstić information content (AvgIpc) is 2.85. The first kappa shape index (κ1) is 26.8. The van der Waals surface area contributed by atoms with Crippen LogP contribution in [0.25, 0.3) is 0 Å². The van der Waals surface area contributed by atoms with Crippen molar-refractivity contribution < 1.29 is 27.9 Å². The third kappa shape index (κ3) is 5.36. The molecule has 7 nitrogen and oxygen atoms in total. The number of carbonyl (C=O) groups is 2. The van der Waals surface area contributed by atoms with E-state index in [0.29, 0.717) is 30.8 Å².